The number of aliphatic hydroxyl groups is 1. The maximum atomic E-state index is 14.6. The molecular formula is C30H41N3O6. The first kappa shape index (κ1) is 28.8. The maximum Gasteiger partial charge on any atom is 0.253 e. The molecule has 2 unspecified atom stereocenters. The van der Waals surface area contributed by atoms with Crippen LogP contribution in [0.1, 0.15) is 33.6 Å². The van der Waals surface area contributed by atoms with E-state index in [1.54, 1.807) is 60.4 Å². The standard InChI is InChI=1S/C30H41N3O6/c1-8-16-31(6)26(35)23-24-27(36)33(22(18-34)19(3)4)25(30(24)15-14-29(23,5)39-30)28(37)32(17-9-2)20-10-12-21(38-7)13-11-20/h8-13,19,22-25,34H,1-2,14-18H2,3-7H3/t22-,23+,24-,25?,29-,30?/m0/s1. The monoisotopic (exact) mass is 539 g/mol. The number of fused-ring (bicyclic) bond motifs is 1. The topological polar surface area (TPSA) is 99.6 Å². The highest BCUT2D eigenvalue weighted by Gasteiger charge is 2.78. The van der Waals surface area contributed by atoms with Crippen LogP contribution in [0.3, 0.4) is 0 Å². The van der Waals surface area contributed by atoms with E-state index < -0.39 is 35.1 Å². The molecule has 0 radical (unpaired) electrons. The number of methoxy groups -OCH3 is 1. The lowest BCUT2D eigenvalue weighted by Gasteiger charge is -2.40. The van der Waals surface area contributed by atoms with E-state index in [0.717, 1.165) is 0 Å². The van der Waals surface area contributed by atoms with Crippen LogP contribution in [-0.4, -0.2) is 89.8 Å². The van der Waals surface area contributed by atoms with Crippen molar-refractivity contribution in [2.24, 2.45) is 17.8 Å². The van der Waals surface area contributed by atoms with Gasteiger partial charge in [-0.15, -0.1) is 13.2 Å². The molecule has 9 nitrogen and oxygen atoms in total. The fraction of sp³-hybridized carbons (Fsp3) is 0.567. The molecule has 2 bridgehead atoms. The van der Waals surface area contributed by atoms with E-state index in [4.69, 9.17) is 9.47 Å². The first-order chi connectivity index (χ1) is 18.5. The van der Waals surface area contributed by atoms with Crippen molar-refractivity contribution in [2.45, 2.75) is 56.9 Å². The Hall–Kier alpha value is -3.17. The van der Waals surface area contributed by atoms with Gasteiger partial charge in [0.05, 0.1) is 37.2 Å². The average Bonchev–Trinajstić information content (AvgIpc) is 3.48. The summed E-state index contributed by atoms with van der Waals surface area (Å²) in [4.78, 5) is 47.4. The fourth-order valence-corrected chi connectivity index (χ4v) is 6.88. The first-order valence-electron chi connectivity index (χ1n) is 13.6. The smallest absolute Gasteiger partial charge is 0.253 e. The number of carbonyl (C=O) groups is 3. The minimum Gasteiger partial charge on any atom is -0.497 e. The third-order valence-electron chi connectivity index (χ3n) is 8.77. The Morgan fingerprint density at radius 3 is 2.36 bits per heavy atom. The number of amides is 3. The Bertz CT molecular complexity index is 1140. The lowest BCUT2D eigenvalue weighted by atomic mass is 9.66. The molecular weight excluding hydrogens is 498 g/mol. The Morgan fingerprint density at radius 1 is 1.18 bits per heavy atom. The molecule has 3 fully saturated rings. The summed E-state index contributed by atoms with van der Waals surface area (Å²) in [5.74, 6) is -1.91. The second-order valence-electron chi connectivity index (χ2n) is 11.4. The molecule has 39 heavy (non-hydrogen) atoms. The highest BCUT2D eigenvalue weighted by molar-refractivity contribution is 6.05. The van der Waals surface area contributed by atoms with Crippen LogP contribution < -0.4 is 9.64 Å². The van der Waals surface area contributed by atoms with Gasteiger partial charge in [-0.25, -0.2) is 0 Å². The Morgan fingerprint density at radius 2 is 1.82 bits per heavy atom. The Balaban J connectivity index is 1.85. The van der Waals surface area contributed by atoms with E-state index in [2.05, 4.69) is 13.2 Å². The van der Waals surface area contributed by atoms with Crippen LogP contribution in [0.5, 0.6) is 5.75 Å². The maximum absolute atomic E-state index is 14.6. The summed E-state index contributed by atoms with van der Waals surface area (Å²) in [6.45, 7) is 13.5. The van der Waals surface area contributed by atoms with Crippen molar-refractivity contribution < 1.29 is 29.0 Å². The molecule has 0 saturated carbocycles. The summed E-state index contributed by atoms with van der Waals surface area (Å²) in [6.07, 6.45) is 4.28. The zero-order chi connectivity index (χ0) is 28.7. The van der Waals surface area contributed by atoms with Crippen LogP contribution in [0, 0.1) is 17.8 Å². The SMILES string of the molecule is C=CCN(C)C(=O)[C@H]1[C@H]2C(=O)N([C@@H](CO)C(C)C)C(C(=O)N(CC=C)c3ccc(OC)cc3)C23CC[C@]1(C)O3. The molecule has 4 rings (SSSR count). The second-order valence-corrected chi connectivity index (χ2v) is 11.4. The summed E-state index contributed by atoms with van der Waals surface area (Å²) in [6, 6.07) is 5.47. The predicted octanol–water partition coefficient (Wildman–Crippen LogP) is 2.64. The molecule has 1 N–H and O–H groups in total. The molecule has 1 aromatic rings. The highest BCUT2D eigenvalue weighted by atomic mass is 16.5. The van der Waals surface area contributed by atoms with E-state index in [9.17, 15) is 19.5 Å². The molecule has 3 aliphatic heterocycles. The number of anilines is 1. The van der Waals surface area contributed by atoms with Gasteiger partial charge in [0, 0.05) is 25.8 Å². The van der Waals surface area contributed by atoms with E-state index in [1.807, 2.05) is 20.8 Å². The van der Waals surface area contributed by atoms with Crippen LogP contribution in [0.25, 0.3) is 0 Å². The summed E-state index contributed by atoms with van der Waals surface area (Å²) < 4.78 is 12.0. The van der Waals surface area contributed by atoms with Gasteiger partial charge in [-0.1, -0.05) is 26.0 Å². The average molecular weight is 540 g/mol. The minimum absolute atomic E-state index is 0.135. The Labute approximate surface area is 231 Å². The van der Waals surface area contributed by atoms with E-state index >= 15 is 0 Å². The number of likely N-dealkylation sites (tertiary alicyclic amines) is 1. The van der Waals surface area contributed by atoms with Crippen molar-refractivity contribution in [3.05, 3.63) is 49.6 Å². The van der Waals surface area contributed by atoms with Gasteiger partial charge in [0.15, 0.2) is 0 Å². The van der Waals surface area contributed by atoms with Crippen LogP contribution in [0.2, 0.25) is 0 Å². The summed E-state index contributed by atoms with van der Waals surface area (Å²) in [7, 11) is 3.26. The number of rotatable bonds is 11. The number of benzene rings is 1. The number of aliphatic hydroxyl groups excluding tert-OH is 1. The lowest BCUT2D eigenvalue weighted by molar-refractivity contribution is -0.152. The van der Waals surface area contributed by atoms with Gasteiger partial charge >= 0.3 is 0 Å². The van der Waals surface area contributed by atoms with Gasteiger partial charge in [-0.3, -0.25) is 14.4 Å². The predicted molar refractivity (Wildman–Crippen MR) is 148 cm³/mol. The number of nitrogens with zero attached hydrogens (tertiary/aromatic N) is 3. The zero-order valence-corrected chi connectivity index (χ0v) is 23.6. The van der Waals surface area contributed by atoms with Gasteiger partial charge in [0.25, 0.3) is 5.91 Å². The van der Waals surface area contributed by atoms with Crippen molar-refractivity contribution in [3.63, 3.8) is 0 Å². The lowest BCUT2D eigenvalue weighted by Crippen LogP contribution is -2.60. The fourth-order valence-electron chi connectivity index (χ4n) is 6.88. The molecule has 3 amide bonds. The molecule has 6 atom stereocenters. The molecule has 3 saturated heterocycles. The first-order valence-corrected chi connectivity index (χ1v) is 13.6. The van der Waals surface area contributed by atoms with Crippen molar-refractivity contribution in [2.75, 3.05) is 38.8 Å². The van der Waals surface area contributed by atoms with Crippen LogP contribution >= 0.6 is 0 Å². The normalized spacial score (nSPS) is 29.8. The molecule has 1 spiro atoms. The van der Waals surface area contributed by atoms with Crippen molar-refractivity contribution in [1.82, 2.24) is 9.80 Å². The summed E-state index contributed by atoms with van der Waals surface area (Å²) >= 11 is 0. The summed E-state index contributed by atoms with van der Waals surface area (Å²) in [5.41, 5.74) is -1.45. The number of likely N-dealkylation sites (N-methyl/N-ethyl adjacent to an activating group) is 1. The van der Waals surface area contributed by atoms with Crippen molar-refractivity contribution in [3.8, 4) is 5.75 Å². The molecule has 0 aromatic heterocycles. The van der Waals surface area contributed by atoms with Gasteiger partial charge in [0.1, 0.15) is 17.4 Å². The molecule has 3 aliphatic rings. The molecule has 1 aromatic carbocycles. The third kappa shape index (κ3) is 4.45. The number of ether oxygens (including phenoxy) is 2. The molecule has 212 valence electrons. The summed E-state index contributed by atoms with van der Waals surface area (Å²) in [5, 5.41) is 10.4. The second kappa shape index (κ2) is 10.8. The van der Waals surface area contributed by atoms with Crippen LogP contribution in [0.15, 0.2) is 49.6 Å². The zero-order valence-electron chi connectivity index (χ0n) is 23.6. The molecule has 0 aliphatic carbocycles. The van der Waals surface area contributed by atoms with Crippen molar-refractivity contribution in [1.29, 1.82) is 0 Å². The van der Waals surface area contributed by atoms with Crippen molar-refractivity contribution >= 4 is 23.4 Å². The largest absolute Gasteiger partial charge is 0.497 e. The molecule has 3 heterocycles. The quantitative estimate of drug-likeness (QED) is 0.434. The van der Waals surface area contributed by atoms with Gasteiger partial charge < -0.3 is 29.3 Å². The van der Waals surface area contributed by atoms with E-state index in [1.165, 1.54) is 4.90 Å². The number of carbonyl (C=O) groups excluding carboxylic acids is 3. The van der Waals surface area contributed by atoms with Gasteiger partial charge in [-0.05, 0) is 49.9 Å². The van der Waals surface area contributed by atoms with Gasteiger partial charge in [0.2, 0.25) is 11.8 Å². The van der Waals surface area contributed by atoms with Gasteiger partial charge in [-0.2, -0.15) is 0 Å². The highest BCUT2D eigenvalue weighted by Crippen LogP contribution is 2.64. The van der Waals surface area contributed by atoms with E-state index in [0.29, 0.717) is 30.8 Å². The van der Waals surface area contributed by atoms with Crippen LogP contribution in [0.4, 0.5) is 5.69 Å². The third-order valence-corrected chi connectivity index (χ3v) is 8.77. The van der Waals surface area contributed by atoms with E-state index in [-0.39, 0.29) is 36.8 Å². The number of hydrogen-bond donors (Lipinski definition) is 1. The van der Waals surface area contributed by atoms with Crippen LogP contribution in [-0.2, 0) is 19.1 Å². The molecule has 9 heteroatoms. The Kier molecular flexibility index (Phi) is 7.96. The number of hydrogen-bond acceptors (Lipinski definition) is 6. The minimum atomic E-state index is -1.19.